The normalized spacial score (nSPS) is 18.2. The number of aromatic nitrogens is 4. The van der Waals surface area contributed by atoms with E-state index in [9.17, 15) is 9.18 Å². The molecule has 9 heteroatoms. The van der Waals surface area contributed by atoms with Gasteiger partial charge >= 0.3 is 0 Å². The van der Waals surface area contributed by atoms with E-state index in [2.05, 4.69) is 31.2 Å². The standard InChI is InChI=1S/C23H22FN7O/c1-13-8-14(2)26-18(9-13)16-11-25-29-21(16)23(32)27-19-10-20-28-22(15-6-4-3-5-7-15)30-31(20)12-17(19)24/h3-10,12,16,21,25,29H,11H2,1-2H3,(H,27,32). The zero-order valence-corrected chi connectivity index (χ0v) is 17.6. The second-order valence-electron chi connectivity index (χ2n) is 7.95. The molecule has 0 bridgehead atoms. The maximum atomic E-state index is 14.8. The van der Waals surface area contributed by atoms with Gasteiger partial charge in [0.25, 0.3) is 0 Å². The van der Waals surface area contributed by atoms with E-state index in [0.717, 1.165) is 22.5 Å². The Bertz CT molecular complexity index is 1280. The van der Waals surface area contributed by atoms with Gasteiger partial charge < -0.3 is 5.32 Å². The topological polar surface area (TPSA) is 96.2 Å². The first-order chi connectivity index (χ1) is 15.5. The lowest BCUT2D eigenvalue weighted by atomic mass is 9.95. The number of benzene rings is 1. The number of amides is 1. The van der Waals surface area contributed by atoms with Gasteiger partial charge in [-0.1, -0.05) is 30.3 Å². The molecule has 1 fully saturated rings. The number of aryl methyl sites for hydroxylation is 2. The summed E-state index contributed by atoms with van der Waals surface area (Å²) < 4.78 is 16.1. The second kappa shape index (κ2) is 8.10. The summed E-state index contributed by atoms with van der Waals surface area (Å²) in [5, 5.41) is 7.03. The van der Waals surface area contributed by atoms with E-state index >= 15 is 0 Å². The smallest absolute Gasteiger partial charge is 0.243 e. The molecule has 1 aliphatic rings. The Balaban J connectivity index is 1.40. The van der Waals surface area contributed by atoms with E-state index < -0.39 is 11.9 Å². The molecule has 3 N–H and O–H groups in total. The van der Waals surface area contributed by atoms with E-state index in [-0.39, 0.29) is 17.5 Å². The van der Waals surface area contributed by atoms with E-state index in [1.807, 2.05) is 56.3 Å². The minimum Gasteiger partial charge on any atom is -0.322 e. The first kappa shape index (κ1) is 20.2. The minimum absolute atomic E-state index is 0.0512. The van der Waals surface area contributed by atoms with Crippen molar-refractivity contribution >= 4 is 17.2 Å². The number of carbonyl (C=O) groups is 1. The quantitative estimate of drug-likeness (QED) is 0.460. The fraction of sp³-hybridized carbons (Fsp3) is 0.217. The summed E-state index contributed by atoms with van der Waals surface area (Å²) in [6, 6.07) is 14.3. The van der Waals surface area contributed by atoms with Crippen LogP contribution in [0.4, 0.5) is 10.1 Å². The highest BCUT2D eigenvalue weighted by atomic mass is 19.1. The van der Waals surface area contributed by atoms with E-state index in [1.54, 1.807) is 0 Å². The van der Waals surface area contributed by atoms with Crippen LogP contribution in [-0.4, -0.2) is 38.1 Å². The Kier molecular flexibility index (Phi) is 5.12. The Labute approximate surface area is 183 Å². The summed E-state index contributed by atoms with van der Waals surface area (Å²) in [7, 11) is 0. The fourth-order valence-corrected chi connectivity index (χ4v) is 4.00. The zero-order valence-electron chi connectivity index (χ0n) is 17.6. The molecule has 8 nitrogen and oxygen atoms in total. The average molecular weight is 431 g/mol. The summed E-state index contributed by atoms with van der Waals surface area (Å²) in [5.74, 6) is -0.649. The summed E-state index contributed by atoms with van der Waals surface area (Å²) >= 11 is 0. The monoisotopic (exact) mass is 431 g/mol. The maximum Gasteiger partial charge on any atom is 0.243 e. The Morgan fingerprint density at radius 3 is 2.75 bits per heavy atom. The summed E-state index contributed by atoms with van der Waals surface area (Å²) in [6.45, 7) is 4.46. The third-order valence-corrected chi connectivity index (χ3v) is 5.48. The number of hydrazine groups is 1. The predicted molar refractivity (Wildman–Crippen MR) is 118 cm³/mol. The predicted octanol–water partition coefficient (Wildman–Crippen LogP) is 2.75. The molecule has 0 radical (unpaired) electrons. The van der Waals surface area contributed by atoms with Crippen molar-refractivity contribution in [2.24, 2.45) is 0 Å². The van der Waals surface area contributed by atoms with Gasteiger partial charge in [-0.15, -0.1) is 5.10 Å². The third kappa shape index (κ3) is 3.83. The van der Waals surface area contributed by atoms with Crippen molar-refractivity contribution in [3.63, 3.8) is 0 Å². The molecule has 2 unspecified atom stereocenters. The van der Waals surface area contributed by atoms with Crippen LogP contribution in [-0.2, 0) is 4.79 Å². The van der Waals surface area contributed by atoms with Crippen LogP contribution in [0.3, 0.4) is 0 Å². The summed E-state index contributed by atoms with van der Waals surface area (Å²) in [5.41, 5.74) is 10.1. The molecule has 4 aromatic rings. The van der Waals surface area contributed by atoms with Crippen molar-refractivity contribution in [2.75, 3.05) is 11.9 Å². The minimum atomic E-state index is -0.600. The zero-order chi connectivity index (χ0) is 22.2. The third-order valence-electron chi connectivity index (χ3n) is 5.48. The number of pyridine rings is 2. The van der Waals surface area contributed by atoms with E-state index in [1.165, 1.54) is 16.8 Å². The van der Waals surface area contributed by atoms with E-state index in [4.69, 9.17) is 0 Å². The van der Waals surface area contributed by atoms with Crippen LogP contribution in [0.2, 0.25) is 0 Å². The lowest BCUT2D eigenvalue weighted by Crippen LogP contribution is -2.42. The first-order valence-corrected chi connectivity index (χ1v) is 10.3. The number of carbonyl (C=O) groups excluding carboxylic acids is 1. The van der Waals surface area contributed by atoms with Gasteiger partial charge in [0.15, 0.2) is 17.3 Å². The van der Waals surface area contributed by atoms with Crippen LogP contribution >= 0.6 is 0 Å². The molecular weight excluding hydrogens is 409 g/mol. The number of fused-ring (bicyclic) bond motifs is 1. The highest BCUT2D eigenvalue weighted by Gasteiger charge is 2.35. The van der Waals surface area contributed by atoms with Gasteiger partial charge in [0.1, 0.15) is 6.04 Å². The highest BCUT2D eigenvalue weighted by Crippen LogP contribution is 2.25. The lowest BCUT2D eigenvalue weighted by molar-refractivity contribution is -0.118. The van der Waals surface area contributed by atoms with Gasteiger partial charge in [-0.2, -0.15) is 0 Å². The Hall–Kier alpha value is -3.69. The van der Waals surface area contributed by atoms with Gasteiger partial charge in [-0.05, 0) is 31.5 Å². The molecule has 1 amide bonds. The molecule has 0 saturated carbocycles. The van der Waals surface area contributed by atoms with Crippen molar-refractivity contribution in [1.82, 2.24) is 30.4 Å². The van der Waals surface area contributed by atoms with Gasteiger partial charge in [0.05, 0.1) is 11.9 Å². The van der Waals surface area contributed by atoms with Crippen LogP contribution < -0.4 is 16.2 Å². The second-order valence-corrected chi connectivity index (χ2v) is 7.95. The largest absolute Gasteiger partial charge is 0.322 e. The number of nitrogens with zero attached hydrogens (tertiary/aromatic N) is 4. The molecule has 162 valence electrons. The van der Waals surface area contributed by atoms with Crippen molar-refractivity contribution in [1.29, 1.82) is 0 Å². The molecule has 1 saturated heterocycles. The molecule has 0 spiro atoms. The van der Waals surface area contributed by atoms with Crippen molar-refractivity contribution < 1.29 is 9.18 Å². The highest BCUT2D eigenvalue weighted by molar-refractivity contribution is 5.96. The summed E-state index contributed by atoms with van der Waals surface area (Å²) in [4.78, 5) is 22.1. The van der Waals surface area contributed by atoms with Crippen LogP contribution in [0.1, 0.15) is 22.9 Å². The van der Waals surface area contributed by atoms with Crippen molar-refractivity contribution in [3.05, 3.63) is 77.5 Å². The summed E-state index contributed by atoms with van der Waals surface area (Å²) in [6.07, 6.45) is 1.22. The first-order valence-electron chi connectivity index (χ1n) is 10.3. The Morgan fingerprint density at radius 1 is 1.16 bits per heavy atom. The van der Waals surface area contributed by atoms with Gasteiger partial charge in [-0.3, -0.25) is 15.2 Å². The van der Waals surface area contributed by atoms with Crippen LogP contribution in [0.5, 0.6) is 0 Å². The molecule has 4 heterocycles. The number of halogens is 1. The van der Waals surface area contributed by atoms with Crippen molar-refractivity contribution in [3.8, 4) is 11.4 Å². The van der Waals surface area contributed by atoms with Crippen LogP contribution in [0.15, 0.2) is 54.7 Å². The molecule has 1 aliphatic heterocycles. The fourth-order valence-electron chi connectivity index (χ4n) is 4.00. The molecular formula is C23H22FN7O. The van der Waals surface area contributed by atoms with Crippen molar-refractivity contribution in [2.45, 2.75) is 25.8 Å². The molecule has 1 aromatic carbocycles. The number of hydrogen-bond donors (Lipinski definition) is 3. The number of nitrogens with one attached hydrogen (secondary N) is 3. The molecule has 0 aliphatic carbocycles. The number of rotatable bonds is 4. The van der Waals surface area contributed by atoms with Gasteiger partial charge in [-0.25, -0.2) is 19.3 Å². The van der Waals surface area contributed by atoms with E-state index in [0.29, 0.717) is 18.0 Å². The lowest BCUT2D eigenvalue weighted by Gasteiger charge is -2.18. The number of anilines is 1. The van der Waals surface area contributed by atoms with Gasteiger partial charge in [0, 0.05) is 35.5 Å². The average Bonchev–Trinajstić information content (AvgIpc) is 3.41. The van der Waals surface area contributed by atoms with Crippen LogP contribution in [0.25, 0.3) is 17.0 Å². The molecule has 32 heavy (non-hydrogen) atoms. The molecule has 2 atom stereocenters. The number of hydrogen-bond acceptors (Lipinski definition) is 6. The maximum absolute atomic E-state index is 14.8. The van der Waals surface area contributed by atoms with Crippen LogP contribution in [0, 0.1) is 19.7 Å². The molecule has 3 aromatic heterocycles. The SMILES string of the molecule is Cc1cc(C)nc(C2CNNC2C(=O)Nc2cc3nc(-c4ccccc4)nn3cc2F)c1. The van der Waals surface area contributed by atoms with Gasteiger partial charge in [0.2, 0.25) is 5.91 Å². The Morgan fingerprint density at radius 2 is 1.97 bits per heavy atom. The molecule has 5 rings (SSSR count).